The van der Waals surface area contributed by atoms with Gasteiger partial charge in [0.1, 0.15) is 6.54 Å². The fourth-order valence-corrected chi connectivity index (χ4v) is 1.93. The molecular formula is C8H7IN6O2S. The van der Waals surface area contributed by atoms with E-state index in [2.05, 4.69) is 52.8 Å². The first-order chi connectivity index (χ1) is 8.69. The van der Waals surface area contributed by atoms with Crippen LogP contribution in [-0.2, 0) is 16.1 Å². The maximum Gasteiger partial charge on any atom is 0.327 e. The number of carbonyl (C=O) groups excluding carboxylic acids is 1. The van der Waals surface area contributed by atoms with Gasteiger partial charge in [0.2, 0.25) is 5.16 Å². The number of tetrazole rings is 1. The van der Waals surface area contributed by atoms with Gasteiger partial charge in [0.15, 0.2) is 5.16 Å². The standard InChI is InChI=1S/C8H7IN6O2S/c1-17-6(16)4-15-8(12-13-14-15)18-7-10-2-5(9)3-11-7/h2-3H,4H2,1H3. The minimum Gasteiger partial charge on any atom is -0.468 e. The highest BCUT2D eigenvalue weighted by molar-refractivity contribution is 14.1. The highest BCUT2D eigenvalue weighted by Gasteiger charge is 2.13. The Hall–Kier alpha value is -1.30. The van der Waals surface area contributed by atoms with Crippen LogP contribution < -0.4 is 0 Å². The van der Waals surface area contributed by atoms with Gasteiger partial charge in [-0.1, -0.05) is 0 Å². The van der Waals surface area contributed by atoms with Crippen LogP contribution in [0, 0.1) is 3.57 Å². The lowest BCUT2D eigenvalue weighted by atomic mass is 10.7. The number of ether oxygens (including phenoxy) is 1. The molecule has 0 radical (unpaired) electrons. The van der Waals surface area contributed by atoms with Crippen molar-refractivity contribution in [1.29, 1.82) is 0 Å². The Kier molecular flexibility index (Phi) is 4.41. The average molecular weight is 378 g/mol. The number of nitrogens with zero attached hydrogens (tertiary/aromatic N) is 6. The number of halogens is 1. The quantitative estimate of drug-likeness (QED) is 0.429. The third-order valence-corrected chi connectivity index (χ3v) is 3.21. The molecule has 2 rings (SSSR count). The maximum absolute atomic E-state index is 11.1. The summed E-state index contributed by atoms with van der Waals surface area (Å²) in [6, 6.07) is 0. The Morgan fingerprint density at radius 1 is 1.50 bits per heavy atom. The van der Waals surface area contributed by atoms with Gasteiger partial charge in [-0.2, -0.15) is 0 Å². The monoisotopic (exact) mass is 378 g/mol. The highest BCUT2D eigenvalue weighted by Crippen LogP contribution is 2.21. The Morgan fingerprint density at radius 2 is 2.22 bits per heavy atom. The molecule has 0 atom stereocenters. The minimum atomic E-state index is -0.423. The molecule has 0 spiro atoms. The summed E-state index contributed by atoms with van der Waals surface area (Å²) in [5, 5.41) is 11.9. The Morgan fingerprint density at radius 3 is 2.89 bits per heavy atom. The third-order valence-electron chi connectivity index (χ3n) is 1.78. The van der Waals surface area contributed by atoms with E-state index in [-0.39, 0.29) is 6.54 Å². The van der Waals surface area contributed by atoms with E-state index in [1.165, 1.54) is 23.6 Å². The summed E-state index contributed by atoms with van der Waals surface area (Å²) in [6.07, 6.45) is 3.37. The summed E-state index contributed by atoms with van der Waals surface area (Å²) >= 11 is 3.29. The second-order valence-electron chi connectivity index (χ2n) is 2.98. The number of hydrogen-bond acceptors (Lipinski definition) is 8. The fourth-order valence-electron chi connectivity index (χ4n) is 0.990. The summed E-state index contributed by atoms with van der Waals surface area (Å²) in [5.74, 6) is -0.423. The van der Waals surface area contributed by atoms with Crippen LogP contribution in [0.5, 0.6) is 0 Å². The van der Waals surface area contributed by atoms with Gasteiger partial charge in [-0.25, -0.2) is 14.6 Å². The van der Waals surface area contributed by atoms with Crippen LogP contribution in [0.2, 0.25) is 0 Å². The molecule has 0 aliphatic carbocycles. The first kappa shape index (κ1) is 13.1. The molecule has 2 heterocycles. The largest absolute Gasteiger partial charge is 0.468 e. The predicted octanol–water partition coefficient (Wildman–Crippen LogP) is 0.392. The van der Waals surface area contributed by atoms with Gasteiger partial charge < -0.3 is 4.74 Å². The van der Waals surface area contributed by atoms with Gasteiger partial charge in [0.25, 0.3) is 0 Å². The van der Waals surface area contributed by atoms with E-state index in [1.807, 2.05) is 0 Å². The first-order valence-electron chi connectivity index (χ1n) is 4.67. The number of esters is 1. The molecule has 0 N–H and O–H groups in total. The van der Waals surface area contributed by atoms with Crippen molar-refractivity contribution in [3.63, 3.8) is 0 Å². The number of aromatic nitrogens is 6. The lowest BCUT2D eigenvalue weighted by Gasteiger charge is -2.01. The van der Waals surface area contributed by atoms with E-state index in [0.717, 1.165) is 3.57 Å². The summed E-state index contributed by atoms with van der Waals surface area (Å²) < 4.78 is 6.82. The van der Waals surface area contributed by atoms with Crippen molar-refractivity contribution in [2.45, 2.75) is 16.9 Å². The summed E-state index contributed by atoms with van der Waals surface area (Å²) in [4.78, 5) is 19.4. The highest BCUT2D eigenvalue weighted by atomic mass is 127. The van der Waals surface area contributed by atoms with E-state index in [1.54, 1.807) is 12.4 Å². The van der Waals surface area contributed by atoms with E-state index >= 15 is 0 Å². The number of hydrogen-bond donors (Lipinski definition) is 0. The molecule has 0 aliphatic rings. The van der Waals surface area contributed by atoms with Gasteiger partial charge in [-0.15, -0.1) is 5.10 Å². The van der Waals surface area contributed by atoms with E-state index in [0.29, 0.717) is 10.3 Å². The zero-order chi connectivity index (χ0) is 13.0. The van der Waals surface area contributed by atoms with E-state index < -0.39 is 5.97 Å². The second-order valence-corrected chi connectivity index (χ2v) is 5.16. The Bertz CT molecular complexity index is 545. The zero-order valence-electron chi connectivity index (χ0n) is 9.15. The molecule has 18 heavy (non-hydrogen) atoms. The first-order valence-corrected chi connectivity index (χ1v) is 6.57. The number of carbonyl (C=O) groups is 1. The molecule has 0 saturated heterocycles. The van der Waals surface area contributed by atoms with Crippen LogP contribution in [0.4, 0.5) is 0 Å². The molecular weight excluding hydrogens is 371 g/mol. The lowest BCUT2D eigenvalue weighted by Crippen LogP contribution is -2.13. The maximum atomic E-state index is 11.1. The third kappa shape index (κ3) is 3.35. The van der Waals surface area contributed by atoms with Crippen LogP contribution in [0.25, 0.3) is 0 Å². The van der Waals surface area contributed by atoms with Gasteiger partial charge >= 0.3 is 5.97 Å². The number of methoxy groups -OCH3 is 1. The van der Waals surface area contributed by atoms with Crippen molar-refractivity contribution < 1.29 is 9.53 Å². The van der Waals surface area contributed by atoms with Crippen LogP contribution in [-0.4, -0.2) is 43.3 Å². The average Bonchev–Trinajstić information content (AvgIpc) is 2.79. The van der Waals surface area contributed by atoms with Gasteiger partial charge in [0.05, 0.1) is 7.11 Å². The lowest BCUT2D eigenvalue weighted by molar-refractivity contribution is -0.141. The molecule has 0 saturated carbocycles. The predicted molar refractivity (Wildman–Crippen MR) is 68.7 cm³/mol. The summed E-state index contributed by atoms with van der Waals surface area (Å²) in [7, 11) is 1.31. The number of rotatable bonds is 4. The van der Waals surface area contributed by atoms with E-state index in [4.69, 9.17) is 0 Å². The van der Waals surface area contributed by atoms with Gasteiger partial charge in [-0.05, 0) is 44.8 Å². The topological polar surface area (TPSA) is 95.7 Å². The molecule has 0 fully saturated rings. The molecule has 0 unspecified atom stereocenters. The minimum absolute atomic E-state index is 0.0454. The molecule has 0 amide bonds. The Balaban J connectivity index is 2.12. The molecule has 0 aliphatic heterocycles. The zero-order valence-corrected chi connectivity index (χ0v) is 12.1. The molecule has 94 valence electrons. The summed E-state index contributed by atoms with van der Waals surface area (Å²) in [5.41, 5.74) is 0. The molecule has 0 aromatic carbocycles. The van der Waals surface area contributed by atoms with E-state index in [9.17, 15) is 4.79 Å². The SMILES string of the molecule is COC(=O)Cn1nnnc1Sc1ncc(I)cn1. The van der Waals surface area contributed by atoms with Crippen LogP contribution >= 0.6 is 34.4 Å². The van der Waals surface area contributed by atoms with Crippen molar-refractivity contribution in [2.24, 2.45) is 0 Å². The molecule has 0 bridgehead atoms. The molecule has 2 aromatic rings. The smallest absolute Gasteiger partial charge is 0.327 e. The van der Waals surface area contributed by atoms with Crippen LogP contribution in [0.1, 0.15) is 0 Å². The summed E-state index contributed by atoms with van der Waals surface area (Å²) in [6.45, 7) is -0.0454. The molecule has 2 aromatic heterocycles. The van der Waals surface area contributed by atoms with Crippen LogP contribution in [0.3, 0.4) is 0 Å². The second kappa shape index (κ2) is 6.04. The van der Waals surface area contributed by atoms with Crippen molar-refractivity contribution in [1.82, 2.24) is 30.2 Å². The van der Waals surface area contributed by atoms with Crippen molar-refractivity contribution >= 4 is 40.3 Å². The molecule has 10 heteroatoms. The molecule has 8 nitrogen and oxygen atoms in total. The van der Waals surface area contributed by atoms with Gasteiger partial charge in [0, 0.05) is 16.0 Å². The van der Waals surface area contributed by atoms with Crippen molar-refractivity contribution in [3.8, 4) is 0 Å². The van der Waals surface area contributed by atoms with Crippen molar-refractivity contribution in [2.75, 3.05) is 7.11 Å². The van der Waals surface area contributed by atoms with Crippen LogP contribution in [0.15, 0.2) is 22.7 Å². The fraction of sp³-hybridized carbons (Fsp3) is 0.250. The van der Waals surface area contributed by atoms with Crippen molar-refractivity contribution in [3.05, 3.63) is 16.0 Å². The van der Waals surface area contributed by atoms with Gasteiger partial charge in [-0.3, -0.25) is 4.79 Å². The normalized spacial score (nSPS) is 10.3. The Labute approximate surface area is 120 Å².